The van der Waals surface area contributed by atoms with Gasteiger partial charge >= 0.3 is 0 Å². The minimum Gasteiger partial charge on any atom is -0.507 e. The van der Waals surface area contributed by atoms with E-state index in [2.05, 4.69) is 9.98 Å². The van der Waals surface area contributed by atoms with E-state index in [1.807, 2.05) is 12.1 Å². The second kappa shape index (κ2) is 5.12. The Labute approximate surface area is 99.2 Å². The van der Waals surface area contributed by atoms with Crippen molar-refractivity contribution < 1.29 is 9.84 Å². The number of pyridine rings is 1. The maximum absolute atomic E-state index is 9.64. The summed E-state index contributed by atoms with van der Waals surface area (Å²) in [6.07, 6.45) is 3.22. The number of benzene rings is 1. The predicted molar refractivity (Wildman–Crippen MR) is 66.1 cm³/mol. The van der Waals surface area contributed by atoms with E-state index in [-0.39, 0.29) is 5.75 Å². The van der Waals surface area contributed by atoms with Crippen LogP contribution in [0.5, 0.6) is 11.5 Å². The molecule has 0 fully saturated rings. The van der Waals surface area contributed by atoms with Gasteiger partial charge in [-0.1, -0.05) is 6.07 Å². The SMILES string of the molecule is COc1ccc(O)c(/C=N/c2ccccn2)c1. The van der Waals surface area contributed by atoms with Gasteiger partial charge in [-0.15, -0.1) is 0 Å². The zero-order valence-electron chi connectivity index (χ0n) is 9.37. The molecule has 1 aromatic carbocycles. The van der Waals surface area contributed by atoms with Crippen molar-refractivity contribution in [3.8, 4) is 11.5 Å². The molecule has 0 aliphatic carbocycles. The van der Waals surface area contributed by atoms with Crippen LogP contribution in [0.25, 0.3) is 0 Å². The molecule has 0 bridgehead atoms. The molecule has 1 aromatic heterocycles. The van der Waals surface area contributed by atoms with E-state index in [4.69, 9.17) is 4.74 Å². The van der Waals surface area contributed by atoms with Crippen LogP contribution in [0, 0.1) is 0 Å². The quantitative estimate of drug-likeness (QED) is 0.821. The van der Waals surface area contributed by atoms with Crippen molar-refractivity contribution >= 4 is 12.0 Å². The van der Waals surface area contributed by atoms with E-state index < -0.39 is 0 Å². The van der Waals surface area contributed by atoms with Crippen LogP contribution in [0.2, 0.25) is 0 Å². The first-order valence-corrected chi connectivity index (χ1v) is 5.11. The van der Waals surface area contributed by atoms with Crippen molar-refractivity contribution in [2.75, 3.05) is 7.11 Å². The largest absolute Gasteiger partial charge is 0.507 e. The van der Waals surface area contributed by atoms with Gasteiger partial charge in [0.05, 0.1) is 7.11 Å². The van der Waals surface area contributed by atoms with E-state index in [1.54, 1.807) is 43.8 Å². The van der Waals surface area contributed by atoms with Crippen LogP contribution in [-0.2, 0) is 0 Å². The van der Waals surface area contributed by atoms with Crippen molar-refractivity contribution in [1.29, 1.82) is 0 Å². The molecule has 1 N–H and O–H groups in total. The molecule has 0 aliphatic heterocycles. The molecule has 17 heavy (non-hydrogen) atoms. The first kappa shape index (κ1) is 11.1. The van der Waals surface area contributed by atoms with Crippen LogP contribution >= 0.6 is 0 Å². The van der Waals surface area contributed by atoms with E-state index in [0.29, 0.717) is 17.1 Å². The van der Waals surface area contributed by atoms with Gasteiger partial charge in [-0.3, -0.25) is 0 Å². The maximum atomic E-state index is 9.64. The number of methoxy groups -OCH3 is 1. The van der Waals surface area contributed by atoms with Gasteiger partial charge < -0.3 is 9.84 Å². The predicted octanol–water partition coefficient (Wildman–Crippen LogP) is 2.55. The Hall–Kier alpha value is -2.36. The van der Waals surface area contributed by atoms with Gasteiger partial charge in [-0.05, 0) is 30.3 Å². The topological polar surface area (TPSA) is 54.7 Å². The monoisotopic (exact) mass is 228 g/mol. The standard InChI is InChI=1S/C13H12N2O2/c1-17-11-5-6-12(16)10(8-11)9-15-13-4-2-3-7-14-13/h2-9,16H,1H3/b15-9+. The minimum absolute atomic E-state index is 0.158. The van der Waals surface area contributed by atoms with E-state index in [0.717, 1.165) is 0 Å². The summed E-state index contributed by atoms with van der Waals surface area (Å²) < 4.78 is 5.07. The molecule has 0 spiro atoms. The number of hydrogen-bond acceptors (Lipinski definition) is 4. The molecule has 0 amide bonds. The zero-order valence-corrected chi connectivity index (χ0v) is 9.37. The van der Waals surface area contributed by atoms with Crippen molar-refractivity contribution in [1.82, 2.24) is 4.98 Å². The Balaban J connectivity index is 2.26. The van der Waals surface area contributed by atoms with Crippen molar-refractivity contribution in [2.24, 2.45) is 4.99 Å². The molecule has 2 aromatic rings. The van der Waals surface area contributed by atoms with Gasteiger partial charge in [0.1, 0.15) is 11.5 Å². The minimum atomic E-state index is 0.158. The number of rotatable bonds is 3. The lowest BCUT2D eigenvalue weighted by atomic mass is 10.2. The molecule has 0 aliphatic rings. The molecule has 0 unspecified atom stereocenters. The summed E-state index contributed by atoms with van der Waals surface area (Å²) in [6.45, 7) is 0. The Kier molecular flexibility index (Phi) is 3.35. The van der Waals surface area contributed by atoms with Crippen molar-refractivity contribution in [3.63, 3.8) is 0 Å². The highest BCUT2D eigenvalue weighted by atomic mass is 16.5. The number of phenolic OH excluding ortho intramolecular Hbond substituents is 1. The number of hydrogen-bond donors (Lipinski definition) is 1. The first-order valence-electron chi connectivity index (χ1n) is 5.11. The molecule has 0 saturated carbocycles. The number of phenols is 1. The van der Waals surface area contributed by atoms with Crippen LogP contribution < -0.4 is 4.74 Å². The van der Waals surface area contributed by atoms with Crippen LogP contribution in [0.4, 0.5) is 5.82 Å². The lowest BCUT2D eigenvalue weighted by Crippen LogP contribution is -1.87. The lowest BCUT2D eigenvalue weighted by Gasteiger charge is -2.02. The van der Waals surface area contributed by atoms with Gasteiger partial charge in [-0.2, -0.15) is 0 Å². The van der Waals surface area contributed by atoms with Crippen LogP contribution in [0.15, 0.2) is 47.6 Å². The summed E-state index contributed by atoms with van der Waals surface area (Å²) in [5, 5.41) is 9.64. The summed E-state index contributed by atoms with van der Waals surface area (Å²) in [5.74, 6) is 1.42. The summed E-state index contributed by atoms with van der Waals surface area (Å²) in [6, 6.07) is 10.4. The highest BCUT2D eigenvalue weighted by Gasteiger charge is 2.00. The summed E-state index contributed by atoms with van der Waals surface area (Å²) in [5.41, 5.74) is 0.593. The molecule has 0 saturated heterocycles. The molecule has 4 nitrogen and oxygen atoms in total. The van der Waals surface area contributed by atoms with Gasteiger partial charge in [0, 0.05) is 18.0 Å². The third-order valence-electron chi connectivity index (χ3n) is 2.22. The molecular formula is C13H12N2O2. The fraction of sp³-hybridized carbons (Fsp3) is 0.0769. The number of ether oxygens (including phenoxy) is 1. The Morgan fingerprint density at radius 1 is 1.29 bits per heavy atom. The third-order valence-corrected chi connectivity index (χ3v) is 2.22. The van der Waals surface area contributed by atoms with E-state index >= 15 is 0 Å². The summed E-state index contributed by atoms with van der Waals surface area (Å²) in [4.78, 5) is 8.22. The summed E-state index contributed by atoms with van der Waals surface area (Å²) in [7, 11) is 1.58. The number of nitrogens with zero attached hydrogens (tertiary/aromatic N) is 2. The molecular weight excluding hydrogens is 216 g/mol. The van der Waals surface area contributed by atoms with Crippen molar-refractivity contribution in [3.05, 3.63) is 48.2 Å². The fourth-order valence-electron chi connectivity index (χ4n) is 1.33. The fourth-order valence-corrected chi connectivity index (χ4v) is 1.33. The van der Waals surface area contributed by atoms with Gasteiger partial charge in [0.15, 0.2) is 5.82 Å². The molecule has 0 atom stereocenters. The average molecular weight is 228 g/mol. The Morgan fingerprint density at radius 2 is 2.18 bits per heavy atom. The first-order chi connectivity index (χ1) is 8.29. The number of aromatic nitrogens is 1. The number of aliphatic imine (C=N–C) groups is 1. The van der Waals surface area contributed by atoms with Crippen LogP contribution in [-0.4, -0.2) is 23.4 Å². The van der Waals surface area contributed by atoms with Gasteiger partial charge in [0.25, 0.3) is 0 Å². The van der Waals surface area contributed by atoms with Gasteiger partial charge in [-0.25, -0.2) is 9.98 Å². The van der Waals surface area contributed by atoms with Crippen LogP contribution in [0.1, 0.15) is 5.56 Å². The van der Waals surface area contributed by atoms with E-state index in [1.165, 1.54) is 0 Å². The highest BCUT2D eigenvalue weighted by molar-refractivity contribution is 5.85. The second-order valence-corrected chi connectivity index (χ2v) is 3.37. The lowest BCUT2D eigenvalue weighted by molar-refractivity contribution is 0.412. The maximum Gasteiger partial charge on any atom is 0.151 e. The average Bonchev–Trinajstić information content (AvgIpc) is 2.39. The zero-order chi connectivity index (χ0) is 12.1. The molecule has 2 rings (SSSR count). The molecule has 86 valence electrons. The third kappa shape index (κ3) is 2.81. The Bertz CT molecular complexity index is 524. The van der Waals surface area contributed by atoms with Gasteiger partial charge in [0.2, 0.25) is 0 Å². The van der Waals surface area contributed by atoms with E-state index in [9.17, 15) is 5.11 Å². The van der Waals surface area contributed by atoms with Crippen molar-refractivity contribution in [2.45, 2.75) is 0 Å². The highest BCUT2D eigenvalue weighted by Crippen LogP contribution is 2.21. The normalized spacial score (nSPS) is 10.6. The Morgan fingerprint density at radius 3 is 2.88 bits per heavy atom. The molecule has 0 radical (unpaired) electrons. The molecule has 4 heteroatoms. The molecule has 1 heterocycles. The van der Waals surface area contributed by atoms with Crippen LogP contribution in [0.3, 0.4) is 0 Å². The second-order valence-electron chi connectivity index (χ2n) is 3.37. The number of aromatic hydroxyl groups is 1. The smallest absolute Gasteiger partial charge is 0.151 e. The summed E-state index contributed by atoms with van der Waals surface area (Å²) >= 11 is 0.